The maximum atomic E-state index is 13.3. The Kier molecular flexibility index (Phi) is 4.72. The molecule has 1 aliphatic rings. The highest BCUT2D eigenvalue weighted by atomic mass is 35.5. The monoisotopic (exact) mass is 388 g/mol. The number of halogens is 1. The smallest absolute Gasteiger partial charge is 0.282 e. The predicted molar refractivity (Wildman–Crippen MR) is 112 cm³/mol. The third-order valence-electron chi connectivity index (χ3n) is 4.55. The summed E-state index contributed by atoms with van der Waals surface area (Å²) in [7, 11) is 0. The van der Waals surface area contributed by atoms with Crippen LogP contribution in [0.2, 0.25) is 5.02 Å². The third-order valence-corrected chi connectivity index (χ3v) is 4.80. The second-order valence-corrected chi connectivity index (χ2v) is 6.97. The van der Waals surface area contributed by atoms with Gasteiger partial charge in [0.05, 0.1) is 11.3 Å². The second-order valence-electron chi connectivity index (χ2n) is 6.53. The Morgan fingerprint density at radius 1 is 0.786 bits per heavy atom. The van der Waals surface area contributed by atoms with Gasteiger partial charge in [0, 0.05) is 10.7 Å². The number of nitrogens with zero attached hydrogens (tertiary/aromatic N) is 1. The molecule has 5 heteroatoms. The van der Waals surface area contributed by atoms with E-state index >= 15 is 0 Å². The van der Waals surface area contributed by atoms with E-state index < -0.39 is 0 Å². The lowest BCUT2D eigenvalue weighted by molar-refractivity contribution is -0.120. The van der Waals surface area contributed by atoms with Crippen molar-refractivity contribution >= 4 is 40.4 Å². The van der Waals surface area contributed by atoms with Gasteiger partial charge in [0.1, 0.15) is 5.70 Å². The number of hydrogen-bond donors (Lipinski definition) is 1. The van der Waals surface area contributed by atoms with Crippen molar-refractivity contribution in [3.8, 4) is 0 Å². The fourth-order valence-corrected chi connectivity index (χ4v) is 3.25. The normalized spacial score (nSPS) is 14.0. The Balaban J connectivity index is 1.81. The van der Waals surface area contributed by atoms with Crippen LogP contribution in [0.3, 0.4) is 0 Å². The van der Waals surface area contributed by atoms with Gasteiger partial charge in [0.15, 0.2) is 0 Å². The first kappa shape index (κ1) is 18.0. The molecule has 1 aliphatic heterocycles. The minimum atomic E-state index is -0.386. The maximum absolute atomic E-state index is 13.3. The molecule has 0 atom stereocenters. The van der Waals surface area contributed by atoms with E-state index in [0.717, 1.165) is 11.3 Å². The molecule has 0 fully saturated rings. The fourth-order valence-electron chi connectivity index (χ4n) is 3.12. The van der Waals surface area contributed by atoms with Gasteiger partial charge in [-0.25, -0.2) is 4.90 Å². The molecule has 3 aromatic carbocycles. The van der Waals surface area contributed by atoms with E-state index in [1.807, 2.05) is 49.4 Å². The van der Waals surface area contributed by atoms with Crippen LogP contribution in [0.4, 0.5) is 11.4 Å². The van der Waals surface area contributed by atoms with Gasteiger partial charge in [-0.1, -0.05) is 59.6 Å². The summed E-state index contributed by atoms with van der Waals surface area (Å²) in [5.41, 5.74) is 3.53. The van der Waals surface area contributed by atoms with Crippen molar-refractivity contribution in [3.63, 3.8) is 0 Å². The van der Waals surface area contributed by atoms with Gasteiger partial charge in [-0.3, -0.25) is 9.59 Å². The molecule has 0 spiro atoms. The molecule has 0 saturated heterocycles. The number of rotatable bonds is 4. The zero-order valence-corrected chi connectivity index (χ0v) is 15.9. The predicted octanol–water partition coefficient (Wildman–Crippen LogP) is 5.05. The number of aryl methyl sites for hydroxylation is 1. The molecule has 3 aromatic rings. The van der Waals surface area contributed by atoms with E-state index in [9.17, 15) is 9.59 Å². The van der Waals surface area contributed by atoms with E-state index in [4.69, 9.17) is 11.6 Å². The molecule has 0 bridgehead atoms. The molecule has 0 unspecified atom stereocenters. The molecule has 0 aromatic heterocycles. The number of nitrogens with one attached hydrogen (secondary N) is 1. The fraction of sp³-hybridized carbons (Fsp3) is 0.0435. The van der Waals surface area contributed by atoms with Crippen LogP contribution in [-0.4, -0.2) is 11.8 Å². The Morgan fingerprint density at radius 3 is 2.07 bits per heavy atom. The van der Waals surface area contributed by atoms with Crippen molar-refractivity contribution in [2.45, 2.75) is 6.92 Å². The number of anilines is 2. The van der Waals surface area contributed by atoms with Gasteiger partial charge in [0.25, 0.3) is 11.8 Å². The first-order valence-corrected chi connectivity index (χ1v) is 9.20. The molecule has 0 radical (unpaired) electrons. The number of amides is 2. The summed E-state index contributed by atoms with van der Waals surface area (Å²) in [5.74, 6) is -0.753. The average molecular weight is 389 g/mol. The highest BCUT2D eigenvalue weighted by Crippen LogP contribution is 2.34. The number of hydrogen-bond acceptors (Lipinski definition) is 3. The van der Waals surface area contributed by atoms with Gasteiger partial charge in [-0.2, -0.15) is 0 Å². The van der Waals surface area contributed by atoms with Gasteiger partial charge >= 0.3 is 0 Å². The number of imide groups is 1. The largest absolute Gasteiger partial charge is 0.350 e. The lowest BCUT2D eigenvalue weighted by Gasteiger charge is -2.15. The Bertz CT molecular complexity index is 1070. The summed E-state index contributed by atoms with van der Waals surface area (Å²) in [6, 6.07) is 23.5. The third kappa shape index (κ3) is 3.30. The lowest BCUT2D eigenvalue weighted by atomic mass is 10.0. The Labute approximate surface area is 168 Å². The van der Waals surface area contributed by atoms with Crippen LogP contribution in [0.1, 0.15) is 11.1 Å². The molecule has 1 N–H and O–H groups in total. The van der Waals surface area contributed by atoms with Crippen molar-refractivity contribution in [1.82, 2.24) is 0 Å². The van der Waals surface area contributed by atoms with Crippen molar-refractivity contribution in [2.24, 2.45) is 0 Å². The molecular weight excluding hydrogens is 372 g/mol. The van der Waals surface area contributed by atoms with Crippen LogP contribution >= 0.6 is 11.6 Å². The minimum absolute atomic E-state index is 0.249. The van der Waals surface area contributed by atoms with E-state index in [1.54, 1.807) is 36.4 Å². The van der Waals surface area contributed by atoms with Crippen LogP contribution in [-0.2, 0) is 9.59 Å². The van der Waals surface area contributed by atoms with Crippen molar-refractivity contribution in [2.75, 3.05) is 10.2 Å². The van der Waals surface area contributed by atoms with Crippen molar-refractivity contribution in [1.29, 1.82) is 0 Å². The van der Waals surface area contributed by atoms with Gasteiger partial charge in [-0.15, -0.1) is 0 Å². The molecule has 28 heavy (non-hydrogen) atoms. The van der Waals surface area contributed by atoms with E-state index in [1.165, 1.54) is 4.90 Å². The van der Waals surface area contributed by atoms with Gasteiger partial charge in [-0.05, 0) is 48.9 Å². The molecule has 138 valence electrons. The maximum Gasteiger partial charge on any atom is 0.282 e. The molecule has 1 heterocycles. The van der Waals surface area contributed by atoms with Crippen molar-refractivity contribution in [3.05, 3.63) is 101 Å². The molecule has 0 saturated carbocycles. The highest BCUT2D eigenvalue weighted by molar-refractivity contribution is 6.46. The summed E-state index contributed by atoms with van der Waals surface area (Å²) in [6.07, 6.45) is 0. The summed E-state index contributed by atoms with van der Waals surface area (Å²) < 4.78 is 0. The Morgan fingerprint density at radius 2 is 1.43 bits per heavy atom. The summed E-state index contributed by atoms with van der Waals surface area (Å²) in [6.45, 7) is 1.96. The summed E-state index contributed by atoms with van der Waals surface area (Å²) in [5, 5.41) is 3.69. The zero-order chi connectivity index (χ0) is 19.7. The summed E-state index contributed by atoms with van der Waals surface area (Å²) >= 11 is 5.99. The van der Waals surface area contributed by atoms with E-state index in [0.29, 0.717) is 21.8 Å². The van der Waals surface area contributed by atoms with Gasteiger partial charge < -0.3 is 5.32 Å². The molecule has 4 nitrogen and oxygen atoms in total. The first-order chi connectivity index (χ1) is 13.5. The van der Waals surface area contributed by atoms with E-state index in [-0.39, 0.29) is 17.5 Å². The van der Waals surface area contributed by atoms with E-state index in [2.05, 4.69) is 5.32 Å². The molecular formula is C23H17ClN2O2. The number of carbonyl (C=O) groups is 2. The van der Waals surface area contributed by atoms with Crippen LogP contribution in [0.5, 0.6) is 0 Å². The topological polar surface area (TPSA) is 49.4 Å². The average Bonchev–Trinajstić information content (AvgIpc) is 2.94. The molecule has 4 rings (SSSR count). The summed E-state index contributed by atoms with van der Waals surface area (Å²) in [4.78, 5) is 27.7. The molecule has 2 amide bonds. The lowest BCUT2D eigenvalue weighted by Crippen LogP contribution is -2.32. The minimum Gasteiger partial charge on any atom is -0.350 e. The second kappa shape index (κ2) is 7.33. The number of benzene rings is 3. The first-order valence-electron chi connectivity index (χ1n) is 8.82. The number of carbonyl (C=O) groups excluding carboxylic acids is 2. The zero-order valence-electron chi connectivity index (χ0n) is 15.1. The van der Waals surface area contributed by atoms with Crippen LogP contribution < -0.4 is 10.2 Å². The van der Waals surface area contributed by atoms with Gasteiger partial charge in [0.2, 0.25) is 0 Å². The van der Waals surface area contributed by atoms with Crippen molar-refractivity contribution < 1.29 is 9.59 Å². The standard InChI is InChI=1S/C23H17ClN2O2/c1-15-7-13-19(14-8-15)26-22(27)20(16-9-11-17(24)12-10-16)21(23(26)28)25-18-5-3-2-4-6-18/h2-14,25H,1H3. The highest BCUT2D eigenvalue weighted by Gasteiger charge is 2.40. The van der Waals surface area contributed by atoms with Crippen LogP contribution in [0.25, 0.3) is 5.57 Å². The quantitative estimate of drug-likeness (QED) is 0.636. The molecule has 0 aliphatic carbocycles. The van der Waals surface area contributed by atoms with Crippen LogP contribution in [0, 0.1) is 6.92 Å². The Hall–Kier alpha value is -3.37. The van der Waals surface area contributed by atoms with Crippen LogP contribution in [0.15, 0.2) is 84.6 Å². The number of para-hydroxylation sites is 1. The SMILES string of the molecule is Cc1ccc(N2C(=O)C(Nc3ccccc3)=C(c3ccc(Cl)cc3)C2=O)cc1.